The summed E-state index contributed by atoms with van der Waals surface area (Å²) in [4.78, 5) is 14.5. The highest BCUT2D eigenvalue weighted by molar-refractivity contribution is 5.77. The maximum atomic E-state index is 12.6. The average molecular weight is 340 g/mol. The molecule has 1 amide bonds. The van der Waals surface area contributed by atoms with Crippen LogP contribution in [0.5, 0.6) is 11.5 Å². The third kappa shape index (κ3) is 3.87. The molecule has 0 atom stereocenters. The van der Waals surface area contributed by atoms with Crippen molar-refractivity contribution in [3.63, 3.8) is 0 Å². The zero-order valence-electron chi connectivity index (χ0n) is 14.7. The summed E-state index contributed by atoms with van der Waals surface area (Å²) in [6.45, 7) is 1.36. The van der Waals surface area contributed by atoms with Crippen molar-refractivity contribution < 1.29 is 14.3 Å². The van der Waals surface area contributed by atoms with Crippen LogP contribution in [0.4, 0.5) is 5.69 Å². The Morgan fingerprint density at radius 2 is 1.72 bits per heavy atom. The number of anilines is 1. The van der Waals surface area contributed by atoms with E-state index in [-0.39, 0.29) is 5.91 Å². The molecule has 2 aromatic carbocycles. The molecule has 3 rings (SSSR count). The fourth-order valence-corrected chi connectivity index (χ4v) is 3.19. The van der Waals surface area contributed by atoms with E-state index in [0.717, 1.165) is 42.0 Å². The molecule has 0 spiro atoms. The van der Waals surface area contributed by atoms with Crippen molar-refractivity contribution in [1.82, 2.24) is 4.90 Å². The molecule has 5 heteroatoms. The van der Waals surface area contributed by atoms with Gasteiger partial charge < -0.3 is 20.1 Å². The first-order valence-corrected chi connectivity index (χ1v) is 8.46. The second kappa shape index (κ2) is 7.47. The zero-order valence-corrected chi connectivity index (χ0v) is 14.7. The second-order valence-electron chi connectivity index (χ2n) is 6.28. The number of amides is 1. The highest BCUT2D eigenvalue weighted by atomic mass is 16.5. The first kappa shape index (κ1) is 17.1. The minimum Gasteiger partial charge on any atom is -0.493 e. The van der Waals surface area contributed by atoms with Crippen molar-refractivity contribution in [2.75, 3.05) is 26.5 Å². The Balaban J connectivity index is 1.65. The molecular formula is C20H24N2O3. The van der Waals surface area contributed by atoms with Gasteiger partial charge in [0.25, 0.3) is 0 Å². The molecule has 132 valence electrons. The van der Waals surface area contributed by atoms with Gasteiger partial charge in [-0.1, -0.05) is 12.1 Å². The Morgan fingerprint density at radius 3 is 2.36 bits per heavy atom. The molecule has 0 aromatic heterocycles. The molecule has 0 saturated heterocycles. The van der Waals surface area contributed by atoms with Gasteiger partial charge in [0.15, 0.2) is 11.5 Å². The standard InChI is InChI=1S/C20H24N2O3/c1-24-18-11-15-9-10-22(13-16(15)12-19(18)25-2)20(23)8-5-14-3-6-17(21)7-4-14/h3-4,6-7,11-12H,5,8-10,13,21H2,1-2H3. The van der Waals surface area contributed by atoms with Crippen LogP contribution < -0.4 is 15.2 Å². The summed E-state index contributed by atoms with van der Waals surface area (Å²) in [6, 6.07) is 11.7. The molecule has 1 aliphatic rings. The molecule has 1 aliphatic heterocycles. The molecule has 2 aromatic rings. The summed E-state index contributed by atoms with van der Waals surface area (Å²) < 4.78 is 10.7. The fraction of sp³-hybridized carbons (Fsp3) is 0.350. The lowest BCUT2D eigenvalue weighted by atomic mass is 9.98. The summed E-state index contributed by atoms with van der Waals surface area (Å²) in [6.07, 6.45) is 2.07. The molecule has 0 fully saturated rings. The average Bonchev–Trinajstić information content (AvgIpc) is 2.65. The van der Waals surface area contributed by atoms with Crippen molar-refractivity contribution in [2.45, 2.75) is 25.8 Å². The van der Waals surface area contributed by atoms with Gasteiger partial charge in [0.1, 0.15) is 0 Å². The van der Waals surface area contributed by atoms with Gasteiger partial charge in [0, 0.05) is 25.2 Å². The maximum absolute atomic E-state index is 12.6. The number of aryl methyl sites for hydroxylation is 1. The molecule has 5 nitrogen and oxygen atoms in total. The quantitative estimate of drug-likeness (QED) is 0.850. The highest BCUT2D eigenvalue weighted by Gasteiger charge is 2.22. The highest BCUT2D eigenvalue weighted by Crippen LogP contribution is 2.33. The number of nitrogen functional groups attached to an aromatic ring is 1. The van der Waals surface area contributed by atoms with Gasteiger partial charge >= 0.3 is 0 Å². The number of ether oxygens (including phenoxy) is 2. The van der Waals surface area contributed by atoms with E-state index in [1.807, 2.05) is 41.3 Å². The Morgan fingerprint density at radius 1 is 1.08 bits per heavy atom. The number of carbonyl (C=O) groups excluding carboxylic acids is 1. The van der Waals surface area contributed by atoms with Crippen molar-refractivity contribution in [3.05, 3.63) is 53.1 Å². The van der Waals surface area contributed by atoms with Gasteiger partial charge in [-0.05, 0) is 53.8 Å². The molecule has 1 heterocycles. The van der Waals surface area contributed by atoms with E-state index in [0.29, 0.717) is 18.7 Å². The zero-order chi connectivity index (χ0) is 17.8. The third-order valence-electron chi connectivity index (χ3n) is 4.68. The summed E-state index contributed by atoms with van der Waals surface area (Å²) in [5.74, 6) is 1.62. The summed E-state index contributed by atoms with van der Waals surface area (Å²) >= 11 is 0. The number of methoxy groups -OCH3 is 2. The van der Waals surface area contributed by atoms with Crippen LogP contribution in [0.15, 0.2) is 36.4 Å². The van der Waals surface area contributed by atoms with Crippen LogP contribution in [-0.4, -0.2) is 31.6 Å². The number of carbonyl (C=O) groups is 1. The number of fused-ring (bicyclic) bond motifs is 1. The maximum Gasteiger partial charge on any atom is 0.223 e. The van der Waals surface area contributed by atoms with Crippen LogP contribution in [-0.2, 0) is 24.2 Å². The van der Waals surface area contributed by atoms with E-state index in [9.17, 15) is 4.79 Å². The molecule has 25 heavy (non-hydrogen) atoms. The van der Waals surface area contributed by atoms with Gasteiger partial charge in [-0.2, -0.15) is 0 Å². The molecule has 2 N–H and O–H groups in total. The second-order valence-corrected chi connectivity index (χ2v) is 6.28. The largest absolute Gasteiger partial charge is 0.493 e. The topological polar surface area (TPSA) is 64.8 Å². The van der Waals surface area contributed by atoms with Gasteiger partial charge in [0.2, 0.25) is 5.91 Å². The van der Waals surface area contributed by atoms with Crippen molar-refractivity contribution >= 4 is 11.6 Å². The Labute approximate surface area is 148 Å². The lowest BCUT2D eigenvalue weighted by Crippen LogP contribution is -2.36. The van der Waals surface area contributed by atoms with Crippen molar-refractivity contribution in [1.29, 1.82) is 0 Å². The van der Waals surface area contributed by atoms with Crippen LogP contribution in [0.3, 0.4) is 0 Å². The van der Waals surface area contributed by atoms with E-state index in [4.69, 9.17) is 15.2 Å². The smallest absolute Gasteiger partial charge is 0.223 e. The lowest BCUT2D eigenvalue weighted by Gasteiger charge is -2.29. The van der Waals surface area contributed by atoms with Gasteiger partial charge in [-0.25, -0.2) is 0 Å². The van der Waals surface area contributed by atoms with E-state index >= 15 is 0 Å². The number of rotatable bonds is 5. The monoisotopic (exact) mass is 340 g/mol. The molecule has 0 aliphatic carbocycles. The molecule has 0 unspecified atom stereocenters. The van der Waals surface area contributed by atoms with E-state index in [1.54, 1.807) is 14.2 Å². The number of nitrogens with two attached hydrogens (primary N) is 1. The van der Waals surface area contributed by atoms with E-state index < -0.39 is 0 Å². The third-order valence-corrected chi connectivity index (χ3v) is 4.68. The Kier molecular flexibility index (Phi) is 5.12. The molecular weight excluding hydrogens is 316 g/mol. The predicted octanol–water partition coefficient (Wildman–Crippen LogP) is 2.80. The van der Waals surface area contributed by atoms with E-state index in [2.05, 4.69) is 0 Å². The fourth-order valence-electron chi connectivity index (χ4n) is 3.19. The minimum absolute atomic E-state index is 0.178. The molecule has 0 bridgehead atoms. The predicted molar refractivity (Wildman–Crippen MR) is 97.8 cm³/mol. The van der Waals surface area contributed by atoms with Crippen molar-refractivity contribution in [3.8, 4) is 11.5 Å². The summed E-state index contributed by atoms with van der Waals surface area (Å²) in [5.41, 5.74) is 9.92. The van der Waals surface area contributed by atoms with Crippen LogP contribution in [0, 0.1) is 0 Å². The Bertz CT molecular complexity index is 756. The number of hydrogen-bond acceptors (Lipinski definition) is 4. The minimum atomic E-state index is 0.178. The van der Waals surface area contributed by atoms with Crippen LogP contribution in [0.2, 0.25) is 0 Å². The van der Waals surface area contributed by atoms with Crippen LogP contribution in [0.25, 0.3) is 0 Å². The van der Waals surface area contributed by atoms with Crippen LogP contribution in [0.1, 0.15) is 23.1 Å². The van der Waals surface area contributed by atoms with Crippen molar-refractivity contribution in [2.24, 2.45) is 0 Å². The summed E-state index contributed by atoms with van der Waals surface area (Å²) in [7, 11) is 3.27. The summed E-state index contributed by atoms with van der Waals surface area (Å²) in [5, 5.41) is 0. The van der Waals surface area contributed by atoms with Gasteiger partial charge in [-0.3, -0.25) is 4.79 Å². The van der Waals surface area contributed by atoms with Crippen LogP contribution >= 0.6 is 0 Å². The normalized spacial score (nSPS) is 13.3. The first-order valence-electron chi connectivity index (χ1n) is 8.46. The lowest BCUT2D eigenvalue weighted by molar-refractivity contribution is -0.132. The Hall–Kier alpha value is -2.69. The van der Waals surface area contributed by atoms with Gasteiger partial charge in [0.05, 0.1) is 14.2 Å². The molecule has 0 saturated carbocycles. The van der Waals surface area contributed by atoms with Gasteiger partial charge in [-0.15, -0.1) is 0 Å². The first-order chi connectivity index (χ1) is 12.1. The number of hydrogen-bond donors (Lipinski definition) is 1. The number of nitrogens with zero attached hydrogens (tertiary/aromatic N) is 1. The van der Waals surface area contributed by atoms with E-state index in [1.165, 1.54) is 5.56 Å². The molecule has 0 radical (unpaired) electrons. The number of benzene rings is 2. The SMILES string of the molecule is COc1cc2c(cc1OC)CN(C(=O)CCc1ccc(N)cc1)CC2.